The first-order valence-electron chi connectivity index (χ1n) is 3.21. The zero-order valence-electron chi connectivity index (χ0n) is 5.90. The first-order chi connectivity index (χ1) is 5.24. The largest absolute Gasteiger partial charge is 0.476 e. The van der Waals surface area contributed by atoms with E-state index in [4.69, 9.17) is 10.8 Å². The van der Waals surface area contributed by atoms with Crippen LogP contribution in [-0.2, 0) is 6.54 Å². The highest BCUT2D eigenvalue weighted by molar-refractivity contribution is 5.84. The average Bonchev–Trinajstić information content (AvgIpc) is 2.37. The Balaban J connectivity index is 2.73. The van der Waals surface area contributed by atoms with Crippen LogP contribution in [0.5, 0.6) is 0 Å². The van der Waals surface area contributed by atoms with Gasteiger partial charge in [-0.05, 0) is 6.07 Å². The molecule has 0 unspecified atom stereocenters. The number of carbonyl (C=O) groups is 1. The van der Waals surface area contributed by atoms with Crippen LogP contribution in [0.15, 0.2) is 12.3 Å². The molecule has 0 amide bonds. The minimum Gasteiger partial charge on any atom is -0.476 e. The van der Waals surface area contributed by atoms with Crippen molar-refractivity contribution in [1.29, 1.82) is 0 Å². The third-order valence-corrected chi connectivity index (χ3v) is 1.22. The van der Waals surface area contributed by atoms with Gasteiger partial charge in [-0.25, -0.2) is 4.79 Å². The molecule has 0 aliphatic rings. The molecule has 0 aliphatic carbocycles. The Labute approximate surface area is 63.4 Å². The molecule has 0 bridgehead atoms. The van der Waals surface area contributed by atoms with E-state index < -0.39 is 5.97 Å². The molecular weight excluding hydrogens is 146 g/mol. The fraction of sp³-hybridized carbons (Fsp3) is 0.333. The van der Waals surface area contributed by atoms with Crippen molar-refractivity contribution in [3.05, 3.63) is 18.0 Å². The maximum Gasteiger partial charge on any atom is 0.356 e. The Hall–Kier alpha value is -1.36. The fourth-order valence-corrected chi connectivity index (χ4v) is 0.733. The van der Waals surface area contributed by atoms with Gasteiger partial charge in [0.25, 0.3) is 0 Å². The van der Waals surface area contributed by atoms with Gasteiger partial charge in [0, 0.05) is 12.7 Å². The van der Waals surface area contributed by atoms with E-state index in [0.29, 0.717) is 13.1 Å². The molecule has 1 rings (SSSR count). The number of aromatic nitrogens is 2. The lowest BCUT2D eigenvalue weighted by atomic mass is 10.5. The summed E-state index contributed by atoms with van der Waals surface area (Å²) in [4.78, 5) is 10.3. The van der Waals surface area contributed by atoms with Crippen LogP contribution >= 0.6 is 0 Å². The summed E-state index contributed by atoms with van der Waals surface area (Å²) in [5.74, 6) is -1.01. The quantitative estimate of drug-likeness (QED) is 0.618. The minimum atomic E-state index is -1.01. The van der Waals surface area contributed by atoms with Crippen molar-refractivity contribution < 1.29 is 9.90 Å². The van der Waals surface area contributed by atoms with E-state index in [2.05, 4.69) is 5.10 Å². The normalized spacial score (nSPS) is 9.91. The summed E-state index contributed by atoms with van der Waals surface area (Å²) in [6, 6.07) is 1.44. The third-order valence-electron chi connectivity index (χ3n) is 1.22. The second kappa shape index (κ2) is 3.16. The zero-order valence-corrected chi connectivity index (χ0v) is 5.90. The summed E-state index contributed by atoms with van der Waals surface area (Å²) in [5, 5.41) is 12.2. The van der Waals surface area contributed by atoms with Crippen LogP contribution in [0.1, 0.15) is 10.5 Å². The number of rotatable bonds is 3. The van der Waals surface area contributed by atoms with Crippen LogP contribution in [0.3, 0.4) is 0 Å². The van der Waals surface area contributed by atoms with Gasteiger partial charge in [0.15, 0.2) is 5.69 Å². The summed E-state index contributed by atoms with van der Waals surface area (Å²) in [6.45, 7) is 1.01. The number of nitrogens with two attached hydrogens (primary N) is 1. The first-order valence-corrected chi connectivity index (χ1v) is 3.21. The summed E-state index contributed by atoms with van der Waals surface area (Å²) >= 11 is 0. The lowest BCUT2D eigenvalue weighted by Crippen LogP contribution is -2.11. The van der Waals surface area contributed by atoms with Gasteiger partial charge in [0.2, 0.25) is 0 Å². The van der Waals surface area contributed by atoms with Gasteiger partial charge in [0.1, 0.15) is 0 Å². The molecule has 0 atom stereocenters. The second-order valence-electron chi connectivity index (χ2n) is 2.06. The SMILES string of the molecule is NCCn1ccc(C(=O)O)n1. The van der Waals surface area contributed by atoms with Crippen molar-refractivity contribution in [2.75, 3.05) is 6.54 Å². The number of hydrogen-bond acceptors (Lipinski definition) is 3. The third kappa shape index (κ3) is 1.78. The van der Waals surface area contributed by atoms with E-state index in [0.717, 1.165) is 0 Å². The molecule has 0 spiro atoms. The number of carboxylic acid groups (broad SMARTS) is 1. The Bertz CT molecular complexity index is 256. The number of carboxylic acids is 1. The van der Waals surface area contributed by atoms with Gasteiger partial charge in [-0.1, -0.05) is 0 Å². The van der Waals surface area contributed by atoms with Gasteiger partial charge >= 0.3 is 5.97 Å². The van der Waals surface area contributed by atoms with Crippen molar-refractivity contribution in [1.82, 2.24) is 9.78 Å². The lowest BCUT2D eigenvalue weighted by molar-refractivity contribution is 0.0689. The van der Waals surface area contributed by atoms with Crippen molar-refractivity contribution >= 4 is 5.97 Å². The summed E-state index contributed by atoms with van der Waals surface area (Å²) in [5.41, 5.74) is 5.29. The monoisotopic (exact) mass is 155 g/mol. The van der Waals surface area contributed by atoms with Crippen molar-refractivity contribution in [3.8, 4) is 0 Å². The fourth-order valence-electron chi connectivity index (χ4n) is 0.733. The average molecular weight is 155 g/mol. The maximum atomic E-state index is 10.3. The topological polar surface area (TPSA) is 81.1 Å². The molecule has 0 aromatic carbocycles. The molecule has 0 saturated heterocycles. The standard InChI is InChI=1S/C6H9N3O2/c7-2-4-9-3-1-5(8-9)6(10)11/h1,3H,2,4,7H2,(H,10,11). The van der Waals surface area contributed by atoms with Crippen LogP contribution in [0.4, 0.5) is 0 Å². The van der Waals surface area contributed by atoms with E-state index >= 15 is 0 Å². The lowest BCUT2D eigenvalue weighted by Gasteiger charge is -1.94. The van der Waals surface area contributed by atoms with Crippen LogP contribution < -0.4 is 5.73 Å². The Morgan fingerprint density at radius 2 is 2.55 bits per heavy atom. The van der Waals surface area contributed by atoms with E-state index in [1.165, 1.54) is 10.7 Å². The molecule has 11 heavy (non-hydrogen) atoms. The number of hydrogen-bond donors (Lipinski definition) is 2. The van der Waals surface area contributed by atoms with E-state index in [-0.39, 0.29) is 5.69 Å². The summed E-state index contributed by atoms with van der Waals surface area (Å²) < 4.78 is 1.50. The Morgan fingerprint density at radius 1 is 1.82 bits per heavy atom. The van der Waals surface area contributed by atoms with Crippen LogP contribution in [0.25, 0.3) is 0 Å². The summed E-state index contributed by atoms with van der Waals surface area (Å²) in [7, 11) is 0. The molecule has 0 radical (unpaired) electrons. The highest BCUT2D eigenvalue weighted by atomic mass is 16.4. The zero-order chi connectivity index (χ0) is 8.27. The van der Waals surface area contributed by atoms with Gasteiger partial charge in [-0.3, -0.25) is 4.68 Å². The molecule has 60 valence electrons. The molecule has 5 nitrogen and oxygen atoms in total. The van der Waals surface area contributed by atoms with Crippen LogP contribution in [-0.4, -0.2) is 27.4 Å². The Kier molecular flexibility index (Phi) is 2.22. The molecule has 0 saturated carbocycles. The molecule has 1 aromatic heterocycles. The molecule has 5 heteroatoms. The number of nitrogens with zero attached hydrogens (tertiary/aromatic N) is 2. The molecular formula is C6H9N3O2. The predicted octanol–water partition coefficient (Wildman–Crippen LogP) is -0.460. The Morgan fingerprint density at radius 3 is 3.00 bits per heavy atom. The van der Waals surface area contributed by atoms with E-state index in [1.807, 2.05) is 0 Å². The van der Waals surface area contributed by atoms with Crippen molar-refractivity contribution in [2.24, 2.45) is 5.73 Å². The van der Waals surface area contributed by atoms with Gasteiger partial charge in [-0.15, -0.1) is 0 Å². The molecule has 1 aromatic rings. The predicted molar refractivity (Wildman–Crippen MR) is 38.2 cm³/mol. The van der Waals surface area contributed by atoms with Crippen molar-refractivity contribution in [2.45, 2.75) is 6.54 Å². The second-order valence-corrected chi connectivity index (χ2v) is 2.06. The molecule has 0 fully saturated rings. The highest BCUT2D eigenvalue weighted by Gasteiger charge is 2.04. The summed E-state index contributed by atoms with van der Waals surface area (Å²) in [6.07, 6.45) is 1.59. The smallest absolute Gasteiger partial charge is 0.356 e. The first kappa shape index (κ1) is 7.74. The maximum absolute atomic E-state index is 10.3. The van der Waals surface area contributed by atoms with Crippen molar-refractivity contribution in [3.63, 3.8) is 0 Å². The van der Waals surface area contributed by atoms with Crippen LogP contribution in [0, 0.1) is 0 Å². The number of aromatic carboxylic acids is 1. The van der Waals surface area contributed by atoms with Gasteiger partial charge < -0.3 is 10.8 Å². The van der Waals surface area contributed by atoms with Gasteiger partial charge in [0.05, 0.1) is 6.54 Å². The highest BCUT2D eigenvalue weighted by Crippen LogP contribution is 1.93. The minimum absolute atomic E-state index is 0.0541. The molecule has 1 heterocycles. The van der Waals surface area contributed by atoms with Gasteiger partial charge in [-0.2, -0.15) is 5.10 Å². The molecule has 3 N–H and O–H groups in total. The van der Waals surface area contributed by atoms with E-state index in [1.54, 1.807) is 6.20 Å². The molecule has 0 aliphatic heterocycles. The van der Waals surface area contributed by atoms with E-state index in [9.17, 15) is 4.79 Å². The van der Waals surface area contributed by atoms with Crippen LogP contribution in [0.2, 0.25) is 0 Å².